The lowest BCUT2D eigenvalue weighted by atomic mass is 10.2. The van der Waals surface area contributed by atoms with Crippen LogP contribution < -0.4 is 14.7 Å². The number of hydrogen-bond donors (Lipinski definition) is 0. The van der Waals surface area contributed by atoms with E-state index >= 15 is 0 Å². The summed E-state index contributed by atoms with van der Waals surface area (Å²) in [5.41, 5.74) is 3.25. The van der Waals surface area contributed by atoms with Crippen LogP contribution in [0.1, 0.15) is 5.69 Å². The Balaban J connectivity index is 1.50. The maximum absolute atomic E-state index is 6.14. The number of aryl methyl sites for hydroxylation is 1. The Labute approximate surface area is 171 Å². The Hall–Kier alpha value is -2.79. The van der Waals surface area contributed by atoms with E-state index in [-0.39, 0.29) is 0 Å². The van der Waals surface area contributed by atoms with E-state index in [4.69, 9.17) is 21.6 Å². The average Bonchev–Trinajstić information content (AvgIpc) is 2.73. The zero-order valence-corrected chi connectivity index (χ0v) is 17.0. The van der Waals surface area contributed by atoms with E-state index < -0.39 is 0 Å². The van der Waals surface area contributed by atoms with Gasteiger partial charge in [0.05, 0.1) is 0 Å². The lowest BCUT2D eigenvalue weighted by Crippen LogP contribution is -2.47. The molecule has 0 unspecified atom stereocenters. The van der Waals surface area contributed by atoms with E-state index in [2.05, 4.69) is 32.9 Å². The van der Waals surface area contributed by atoms with Gasteiger partial charge in [-0.1, -0.05) is 35.9 Å². The second-order valence-electron chi connectivity index (χ2n) is 7.02. The van der Waals surface area contributed by atoms with Crippen molar-refractivity contribution in [2.24, 2.45) is 0 Å². The van der Waals surface area contributed by atoms with E-state index in [1.165, 1.54) is 5.69 Å². The largest absolute Gasteiger partial charge is 0.368 e. The van der Waals surface area contributed by atoms with Gasteiger partial charge in [0, 0.05) is 61.4 Å². The van der Waals surface area contributed by atoms with Crippen LogP contribution in [-0.2, 0) is 0 Å². The fraction of sp³-hybridized carbons (Fsp3) is 0.273. The summed E-state index contributed by atoms with van der Waals surface area (Å²) in [5, 5.41) is 0.774. The topological polar surface area (TPSA) is 35.5 Å². The molecule has 0 bridgehead atoms. The van der Waals surface area contributed by atoms with Crippen LogP contribution in [0.2, 0.25) is 5.02 Å². The molecular formula is C22H24ClN5. The Morgan fingerprint density at radius 2 is 1.57 bits per heavy atom. The Morgan fingerprint density at radius 3 is 2.29 bits per heavy atom. The van der Waals surface area contributed by atoms with Gasteiger partial charge in [0.25, 0.3) is 0 Å². The molecule has 0 radical (unpaired) electrons. The van der Waals surface area contributed by atoms with Crippen LogP contribution >= 0.6 is 11.6 Å². The lowest BCUT2D eigenvalue weighted by molar-refractivity contribution is 0.639. The van der Waals surface area contributed by atoms with E-state index in [1.54, 1.807) is 0 Å². The molecule has 0 atom stereocenters. The summed E-state index contributed by atoms with van der Waals surface area (Å²) in [6.45, 7) is 5.62. The fourth-order valence-corrected chi connectivity index (χ4v) is 3.66. The molecule has 2 heterocycles. The minimum Gasteiger partial charge on any atom is -0.368 e. The zero-order chi connectivity index (χ0) is 19.5. The summed E-state index contributed by atoms with van der Waals surface area (Å²) < 4.78 is 0. The molecule has 0 amide bonds. The van der Waals surface area contributed by atoms with Crippen LogP contribution in [0.3, 0.4) is 0 Å². The summed E-state index contributed by atoms with van der Waals surface area (Å²) in [6.07, 6.45) is 0. The summed E-state index contributed by atoms with van der Waals surface area (Å²) >= 11 is 6.14. The minimum absolute atomic E-state index is 0.774. The summed E-state index contributed by atoms with van der Waals surface area (Å²) in [7, 11) is 2.04. The number of benzene rings is 2. The number of para-hydroxylation sites is 1. The monoisotopic (exact) mass is 393 g/mol. The van der Waals surface area contributed by atoms with Gasteiger partial charge in [-0.3, -0.25) is 0 Å². The second kappa shape index (κ2) is 8.07. The molecular weight excluding hydrogens is 370 g/mol. The molecule has 28 heavy (non-hydrogen) atoms. The van der Waals surface area contributed by atoms with Crippen molar-refractivity contribution in [3.63, 3.8) is 0 Å². The molecule has 0 aliphatic carbocycles. The highest BCUT2D eigenvalue weighted by atomic mass is 35.5. The van der Waals surface area contributed by atoms with Crippen molar-refractivity contribution in [1.29, 1.82) is 0 Å². The van der Waals surface area contributed by atoms with Crippen LogP contribution in [0.15, 0.2) is 60.7 Å². The molecule has 1 fully saturated rings. The van der Waals surface area contributed by atoms with E-state index in [1.807, 2.05) is 56.4 Å². The quantitative estimate of drug-likeness (QED) is 0.650. The number of rotatable bonds is 4. The number of anilines is 4. The first-order valence-electron chi connectivity index (χ1n) is 9.50. The number of piperazine rings is 1. The van der Waals surface area contributed by atoms with Crippen molar-refractivity contribution in [3.05, 3.63) is 71.4 Å². The number of halogens is 1. The van der Waals surface area contributed by atoms with E-state index in [9.17, 15) is 0 Å². The Morgan fingerprint density at radius 1 is 0.857 bits per heavy atom. The van der Waals surface area contributed by atoms with Crippen molar-refractivity contribution in [3.8, 4) is 0 Å². The summed E-state index contributed by atoms with van der Waals surface area (Å²) in [5.74, 6) is 1.70. The second-order valence-corrected chi connectivity index (χ2v) is 7.45. The maximum atomic E-state index is 6.14. The van der Waals surface area contributed by atoms with Crippen LogP contribution in [0.25, 0.3) is 0 Å². The predicted molar refractivity (Wildman–Crippen MR) is 117 cm³/mol. The first-order chi connectivity index (χ1) is 13.6. The highest BCUT2D eigenvalue weighted by molar-refractivity contribution is 6.30. The van der Waals surface area contributed by atoms with Gasteiger partial charge < -0.3 is 14.7 Å². The Kier molecular flexibility index (Phi) is 5.35. The number of hydrogen-bond acceptors (Lipinski definition) is 5. The smallest absolute Gasteiger partial charge is 0.227 e. The molecule has 6 heteroatoms. The van der Waals surface area contributed by atoms with Crippen LogP contribution in [-0.4, -0.2) is 43.2 Å². The normalized spacial score (nSPS) is 14.2. The van der Waals surface area contributed by atoms with Gasteiger partial charge in [-0.05, 0) is 37.3 Å². The van der Waals surface area contributed by atoms with Crippen LogP contribution in [0.5, 0.6) is 0 Å². The van der Waals surface area contributed by atoms with Crippen molar-refractivity contribution in [2.45, 2.75) is 6.92 Å². The van der Waals surface area contributed by atoms with Crippen LogP contribution in [0, 0.1) is 6.92 Å². The first kappa shape index (κ1) is 18.6. The average molecular weight is 394 g/mol. The standard InChI is InChI=1S/C22H24ClN5/c1-17-15-21(26(2)19-8-4-3-5-9-19)25-22(24-17)28-13-11-27(12-14-28)20-10-6-7-18(23)16-20/h3-10,15-16H,11-14H2,1-2H3. The minimum atomic E-state index is 0.774. The van der Waals surface area contributed by atoms with Crippen molar-refractivity contribution >= 4 is 34.7 Å². The van der Waals surface area contributed by atoms with Gasteiger partial charge in [-0.25, -0.2) is 4.98 Å². The third kappa shape index (κ3) is 4.04. The summed E-state index contributed by atoms with van der Waals surface area (Å²) in [4.78, 5) is 16.3. The third-order valence-electron chi connectivity index (χ3n) is 5.05. The van der Waals surface area contributed by atoms with Gasteiger partial charge >= 0.3 is 0 Å². The fourth-order valence-electron chi connectivity index (χ4n) is 3.47. The number of aromatic nitrogens is 2. The van der Waals surface area contributed by atoms with Gasteiger partial charge in [0.15, 0.2) is 0 Å². The maximum Gasteiger partial charge on any atom is 0.227 e. The van der Waals surface area contributed by atoms with E-state index in [0.717, 1.165) is 54.3 Å². The highest BCUT2D eigenvalue weighted by Gasteiger charge is 2.21. The molecule has 3 aromatic rings. The van der Waals surface area contributed by atoms with Gasteiger partial charge in [-0.15, -0.1) is 0 Å². The van der Waals surface area contributed by atoms with Gasteiger partial charge in [-0.2, -0.15) is 4.98 Å². The van der Waals surface area contributed by atoms with Gasteiger partial charge in [0.2, 0.25) is 5.95 Å². The van der Waals surface area contributed by atoms with Crippen LogP contribution in [0.4, 0.5) is 23.1 Å². The van der Waals surface area contributed by atoms with Gasteiger partial charge in [0.1, 0.15) is 5.82 Å². The molecule has 5 nitrogen and oxygen atoms in total. The molecule has 1 aromatic heterocycles. The molecule has 2 aromatic carbocycles. The molecule has 0 N–H and O–H groups in total. The molecule has 1 aliphatic heterocycles. The molecule has 144 valence electrons. The van der Waals surface area contributed by atoms with E-state index in [0.29, 0.717) is 0 Å². The van der Waals surface area contributed by atoms with Crippen molar-refractivity contribution in [1.82, 2.24) is 9.97 Å². The molecule has 0 saturated carbocycles. The summed E-state index contributed by atoms with van der Waals surface area (Å²) in [6, 6.07) is 20.3. The SMILES string of the molecule is Cc1cc(N(C)c2ccccc2)nc(N2CCN(c3cccc(Cl)c3)CC2)n1. The third-order valence-corrected chi connectivity index (χ3v) is 5.29. The lowest BCUT2D eigenvalue weighted by Gasteiger charge is -2.36. The molecule has 1 aliphatic rings. The van der Waals surface area contributed by atoms with Crippen molar-refractivity contribution < 1.29 is 0 Å². The highest BCUT2D eigenvalue weighted by Crippen LogP contribution is 2.25. The van der Waals surface area contributed by atoms with Crippen molar-refractivity contribution in [2.75, 3.05) is 47.9 Å². The zero-order valence-electron chi connectivity index (χ0n) is 16.2. The molecule has 0 spiro atoms. The Bertz CT molecular complexity index is 939. The molecule has 4 rings (SSSR count). The predicted octanol–water partition coefficient (Wildman–Crippen LogP) is 4.53. The first-order valence-corrected chi connectivity index (χ1v) is 9.88. The molecule has 1 saturated heterocycles. The number of nitrogens with zero attached hydrogens (tertiary/aromatic N) is 5.